The van der Waals surface area contributed by atoms with Gasteiger partial charge in [-0.05, 0) is 56.2 Å². The second-order valence-electron chi connectivity index (χ2n) is 6.48. The van der Waals surface area contributed by atoms with Gasteiger partial charge in [-0.2, -0.15) is 0 Å². The summed E-state index contributed by atoms with van der Waals surface area (Å²) in [5, 5.41) is 2.70. The molecule has 1 aliphatic heterocycles. The van der Waals surface area contributed by atoms with Gasteiger partial charge in [0.05, 0.1) is 18.0 Å². The molecule has 2 aromatic carbocycles. The third kappa shape index (κ3) is 3.63. The van der Waals surface area contributed by atoms with Gasteiger partial charge in [0, 0.05) is 28.6 Å². The minimum Gasteiger partial charge on any atom is -0.456 e. The Kier molecular flexibility index (Phi) is 4.60. The highest BCUT2D eigenvalue weighted by Crippen LogP contribution is 2.24. The lowest BCUT2D eigenvalue weighted by Crippen LogP contribution is -2.13. The van der Waals surface area contributed by atoms with E-state index in [1.54, 1.807) is 0 Å². The average molecular weight is 354 g/mol. The van der Waals surface area contributed by atoms with Gasteiger partial charge in [-0.1, -0.05) is 23.2 Å². The molecule has 0 aliphatic carbocycles. The zero-order valence-corrected chi connectivity index (χ0v) is 14.9. The molecule has 3 aromatic rings. The highest BCUT2D eigenvalue weighted by molar-refractivity contribution is 6.30. The van der Waals surface area contributed by atoms with Crippen LogP contribution < -0.4 is 5.36 Å². The average Bonchev–Trinajstić information content (AvgIpc) is 3.14. The van der Waals surface area contributed by atoms with Gasteiger partial charge in [0.2, 0.25) is 0 Å². The van der Waals surface area contributed by atoms with Gasteiger partial charge in [-0.3, -0.25) is 4.99 Å². The number of benzene rings is 2. The van der Waals surface area contributed by atoms with Gasteiger partial charge < -0.3 is 9.15 Å². The third-order valence-electron chi connectivity index (χ3n) is 4.52. The van der Waals surface area contributed by atoms with E-state index in [1.165, 1.54) is 5.56 Å². The van der Waals surface area contributed by atoms with E-state index in [2.05, 4.69) is 19.1 Å². The molecule has 1 fully saturated rings. The predicted molar refractivity (Wildman–Crippen MR) is 101 cm³/mol. The maximum absolute atomic E-state index is 6.12. The summed E-state index contributed by atoms with van der Waals surface area (Å²) in [5.41, 5.74) is 3.01. The van der Waals surface area contributed by atoms with E-state index in [1.807, 2.05) is 36.4 Å². The first-order chi connectivity index (χ1) is 12.2. The van der Waals surface area contributed by atoms with Crippen molar-refractivity contribution in [1.82, 2.24) is 0 Å². The van der Waals surface area contributed by atoms with Crippen molar-refractivity contribution < 1.29 is 9.15 Å². The summed E-state index contributed by atoms with van der Waals surface area (Å²) in [5.74, 6) is 0.791. The van der Waals surface area contributed by atoms with E-state index in [-0.39, 0.29) is 6.10 Å². The fraction of sp³-hybridized carbons (Fsp3) is 0.286. The van der Waals surface area contributed by atoms with Crippen LogP contribution in [0.25, 0.3) is 22.3 Å². The highest BCUT2D eigenvalue weighted by atomic mass is 35.5. The standard InChI is InChI=1S/C21H20ClNO2/c1-14-4-9-20-18(11-14)19(23-13-17-3-2-10-24-17)12-21(25-20)15-5-7-16(22)8-6-15/h4-9,11-12,17H,2-3,10,13H2,1H3. The Morgan fingerprint density at radius 3 is 2.72 bits per heavy atom. The lowest BCUT2D eigenvalue weighted by Gasteiger charge is -2.08. The maximum Gasteiger partial charge on any atom is 0.136 e. The zero-order chi connectivity index (χ0) is 17.2. The second kappa shape index (κ2) is 7.03. The Labute approximate surface area is 151 Å². The van der Waals surface area contributed by atoms with Crippen LogP contribution in [0.4, 0.5) is 0 Å². The van der Waals surface area contributed by atoms with Crippen LogP contribution >= 0.6 is 11.6 Å². The van der Waals surface area contributed by atoms with Crippen molar-refractivity contribution in [2.75, 3.05) is 13.2 Å². The molecule has 0 amide bonds. The third-order valence-corrected chi connectivity index (χ3v) is 4.77. The summed E-state index contributed by atoms with van der Waals surface area (Å²) in [7, 11) is 0. The molecule has 25 heavy (non-hydrogen) atoms. The molecule has 128 valence electrons. The smallest absolute Gasteiger partial charge is 0.136 e. The van der Waals surface area contributed by atoms with Crippen molar-refractivity contribution in [3.63, 3.8) is 0 Å². The van der Waals surface area contributed by atoms with Crippen LogP contribution in [0.15, 0.2) is 57.9 Å². The maximum atomic E-state index is 6.12. The van der Waals surface area contributed by atoms with E-state index in [4.69, 9.17) is 25.7 Å². The first kappa shape index (κ1) is 16.4. The Morgan fingerprint density at radius 2 is 1.96 bits per heavy atom. The molecule has 4 heteroatoms. The second-order valence-corrected chi connectivity index (χ2v) is 6.91. The van der Waals surface area contributed by atoms with Crippen molar-refractivity contribution in [2.24, 2.45) is 4.99 Å². The van der Waals surface area contributed by atoms with Crippen LogP contribution in [-0.2, 0) is 4.74 Å². The topological polar surface area (TPSA) is 34.7 Å². The van der Waals surface area contributed by atoms with Crippen molar-refractivity contribution in [3.8, 4) is 11.3 Å². The quantitative estimate of drug-likeness (QED) is 0.653. The number of halogens is 1. The lowest BCUT2D eigenvalue weighted by atomic mass is 10.1. The number of fused-ring (bicyclic) bond motifs is 1. The number of rotatable bonds is 3. The Morgan fingerprint density at radius 1 is 1.12 bits per heavy atom. The van der Waals surface area contributed by atoms with E-state index in [9.17, 15) is 0 Å². The molecule has 2 heterocycles. The van der Waals surface area contributed by atoms with Crippen LogP contribution in [0, 0.1) is 6.92 Å². The van der Waals surface area contributed by atoms with Crippen molar-refractivity contribution in [3.05, 3.63) is 64.5 Å². The zero-order valence-electron chi connectivity index (χ0n) is 14.2. The summed E-state index contributed by atoms with van der Waals surface area (Å²) in [6.45, 7) is 3.61. The van der Waals surface area contributed by atoms with E-state index in [0.717, 1.165) is 47.1 Å². The molecular weight excluding hydrogens is 334 g/mol. The molecule has 1 aromatic heterocycles. The van der Waals surface area contributed by atoms with Crippen molar-refractivity contribution in [1.29, 1.82) is 0 Å². The summed E-state index contributed by atoms with van der Waals surface area (Å²) in [4.78, 5) is 4.85. The van der Waals surface area contributed by atoms with E-state index < -0.39 is 0 Å². The van der Waals surface area contributed by atoms with Crippen molar-refractivity contribution >= 4 is 22.6 Å². The SMILES string of the molecule is Cc1ccc2oc(-c3ccc(Cl)cc3)cc(=NCC3CCCO3)c2c1. The molecule has 1 unspecified atom stereocenters. The number of aryl methyl sites for hydroxylation is 1. The monoisotopic (exact) mass is 353 g/mol. The van der Waals surface area contributed by atoms with Gasteiger partial charge in [0.15, 0.2) is 0 Å². The molecule has 0 saturated carbocycles. The van der Waals surface area contributed by atoms with Crippen LogP contribution in [0.3, 0.4) is 0 Å². The molecular formula is C21H20ClNO2. The van der Waals surface area contributed by atoms with E-state index in [0.29, 0.717) is 11.6 Å². The van der Waals surface area contributed by atoms with Gasteiger partial charge in [0.25, 0.3) is 0 Å². The highest BCUT2D eigenvalue weighted by Gasteiger charge is 2.14. The van der Waals surface area contributed by atoms with E-state index >= 15 is 0 Å². The van der Waals surface area contributed by atoms with Gasteiger partial charge in [0.1, 0.15) is 11.3 Å². The van der Waals surface area contributed by atoms with Crippen LogP contribution in [-0.4, -0.2) is 19.3 Å². The summed E-state index contributed by atoms with van der Waals surface area (Å²) in [6.07, 6.45) is 2.44. The number of nitrogens with zero attached hydrogens (tertiary/aromatic N) is 1. The minimum absolute atomic E-state index is 0.232. The van der Waals surface area contributed by atoms with Crippen LogP contribution in [0.1, 0.15) is 18.4 Å². The Bertz CT molecular complexity index is 954. The summed E-state index contributed by atoms with van der Waals surface area (Å²) >= 11 is 6.00. The normalized spacial score (nSPS) is 18.2. The van der Waals surface area contributed by atoms with Gasteiger partial charge >= 0.3 is 0 Å². The minimum atomic E-state index is 0.232. The molecule has 1 atom stereocenters. The molecule has 0 bridgehead atoms. The molecule has 1 saturated heterocycles. The van der Waals surface area contributed by atoms with Crippen LogP contribution in [0.2, 0.25) is 5.02 Å². The van der Waals surface area contributed by atoms with Gasteiger partial charge in [-0.15, -0.1) is 0 Å². The Balaban J connectivity index is 1.83. The predicted octanol–water partition coefficient (Wildman–Crippen LogP) is 5.14. The molecule has 0 spiro atoms. The van der Waals surface area contributed by atoms with Gasteiger partial charge in [-0.25, -0.2) is 0 Å². The molecule has 4 rings (SSSR count). The molecule has 1 aliphatic rings. The fourth-order valence-electron chi connectivity index (χ4n) is 3.16. The lowest BCUT2D eigenvalue weighted by molar-refractivity contribution is 0.117. The number of hydrogen-bond acceptors (Lipinski definition) is 3. The Hall–Kier alpha value is -2.10. The summed E-state index contributed by atoms with van der Waals surface area (Å²) < 4.78 is 11.8. The molecule has 0 radical (unpaired) electrons. The number of hydrogen-bond donors (Lipinski definition) is 0. The summed E-state index contributed by atoms with van der Waals surface area (Å²) in [6, 6.07) is 15.9. The van der Waals surface area contributed by atoms with Crippen molar-refractivity contribution in [2.45, 2.75) is 25.9 Å². The first-order valence-electron chi connectivity index (χ1n) is 8.61. The fourth-order valence-corrected chi connectivity index (χ4v) is 3.28. The molecule has 3 nitrogen and oxygen atoms in total. The molecule has 0 N–H and O–H groups in total. The first-order valence-corrected chi connectivity index (χ1v) is 8.99. The largest absolute Gasteiger partial charge is 0.456 e. The van der Waals surface area contributed by atoms with Crippen LogP contribution in [0.5, 0.6) is 0 Å². The number of ether oxygens (including phenoxy) is 1.